The van der Waals surface area contributed by atoms with E-state index < -0.39 is 0 Å². The molecule has 0 unspecified atom stereocenters. The third kappa shape index (κ3) is 3.20. The van der Waals surface area contributed by atoms with E-state index in [1.54, 1.807) is 12.1 Å². The van der Waals surface area contributed by atoms with E-state index in [1.807, 2.05) is 6.07 Å². The van der Waals surface area contributed by atoms with E-state index in [4.69, 9.17) is 11.6 Å². The van der Waals surface area contributed by atoms with Gasteiger partial charge >= 0.3 is 0 Å². The third-order valence-corrected chi connectivity index (χ3v) is 3.88. The lowest BCUT2D eigenvalue weighted by Crippen LogP contribution is -2.53. The van der Waals surface area contributed by atoms with Crippen molar-refractivity contribution in [3.8, 4) is 6.07 Å². The lowest BCUT2D eigenvalue weighted by molar-refractivity contribution is 0.128. The summed E-state index contributed by atoms with van der Waals surface area (Å²) in [6.07, 6.45) is 0. The van der Waals surface area contributed by atoms with E-state index in [9.17, 15) is 5.26 Å². The summed E-state index contributed by atoms with van der Waals surface area (Å²) in [5, 5.41) is 9.88. The zero-order valence-corrected chi connectivity index (χ0v) is 12.5. The SMILES string of the molecule is CC(C)(C)N1CCN(c2cc(Cl)ccc2C#N)CC1. The Morgan fingerprint density at radius 1 is 1.16 bits per heavy atom. The van der Waals surface area contributed by atoms with E-state index >= 15 is 0 Å². The molecular formula is C15H20ClN3. The van der Waals surface area contributed by atoms with Gasteiger partial charge in [0.2, 0.25) is 0 Å². The Morgan fingerprint density at radius 2 is 1.79 bits per heavy atom. The predicted molar refractivity (Wildman–Crippen MR) is 79.7 cm³/mol. The van der Waals surface area contributed by atoms with Gasteiger partial charge in [-0.1, -0.05) is 11.6 Å². The topological polar surface area (TPSA) is 30.3 Å². The molecule has 2 rings (SSSR count). The quantitative estimate of drug-likeness (QED) is 0.790. The fraction of sp³-hybridized carbons (Fsp3) is 0.533. The van der Waals surface area contributed by atoms with Crippen molar-refractivity contribution >= 4 is 17.3 Å². The van der Waals surface area contributed by atoms with Crippen LogP contribution in [0.3, 0.4) is 0 Å². The lowest BCUT2D eigenvalue weighted by Gasteiger charge is -2.43. The molecule has 19 heavy (non-hydrogen) atoms. The highest BCUT2D eigenvalue weighted by Gasteiger charge is 2.26. The highest BCUT2D eigenvalue weighted by molar-refractivity contribution is 6.30. The Labute approximate surface area is 120 Å². The first-order valence-electron chi connectivity index (χ1n) is 6.61. The molecule has 102 valence electrons. The summed E-state index contributed by atoms with van der Waals surface area (Å²) >= 11 is 6.05. The van der Waals surface area contributed by atoms with Crippen molar-refractivity contribution in [1.29, 1.82) is 5.26 Å². The van der Waals surface area contributed by atoms with E-state index in [2.05, 4.69) is 36.6 Å². The molecule has 0 aromatic heterocycles. The van der Waals surface area contributed by atoms with E-state index in [1.165, 1.54) is 0 Å². The van der Waals surface area contributed by atoms with Crippen LogP contribution in [-0.2, 0) is 0 Å². The van der Waals surface area contributed by atoms with Gasteiger partial charge in [-0.2, -0.15) is 5.26 Å². The van der Waals surface area contributed by atoms with Crippen molar-refractivity contribution in [2.24, 2.45) is 0 Å². The van der Waals surface area contributed by atoms with Crippen molar-refractivity contribution in [3.05, 3.63) is 28.8 Å². The van der Waals surface area contributed by atoms with Crippen molar-refractivity contribution in [2.45, 2.75) is 26.3 Å². The molecule has 0 radical (unpaired) electrons. The Hall–Kier alpha value is -1.24. The average Bonchev–Trinajstić information content (AvgIpc) is 2.38. The van der Waals surface area contributed by atoms with Crippen LogP contribution in [0.2, 0.25) is 5.02 Å². The second kappa shape index (κ2) is 5.40. The predicted octanol–water partition coefficient (Wildman–Crippen LogP) is 3.13. The highest BCUT2D eigenvalue weighted by Crippen LogP contribution is 2.26. The third-order valence-electron chi connectivity index (χ3n) is 3.65. The highest BCUT2D eigenvalue weighted by atomic mass is 35.5. The molecule has 1 aliphatic rings. The van der Waals surface area contributed by atoms with Crippen molar-refractivity contribution in [1.82, 2.24) is 4.90 Å². The molecule has 1 aromatic carbocycles. The molecule has 0 atom stereocenters. The van der Waals surface area contributed by atoms with Crippen molar-refractivity contribution in [2.75, 3.05) is 31.1 Å². The molecule has 0 aliphatic carbocycles. The number of hydrogen-bond donors (Lipinski definition) is 0. The van der Waals surface area contributed by atoms with Gasteiger partial charge in [0.05, 0.1) is 11.3 Å². The van der Waals surface area contributed by atoms with Crippen LogP contribution < -0.4 is 4.90 Å². The van der Waals surface area contributed by atoms with Crippen LogP contribution in [0.5, 0.6) is 0 Å². The summed E-state index contributed by atoms with van der Waals surface area (Å²) in [6.45, 7) is 10.6. The lowest BCUT2D eigenvalue weighted by atomic mass is 10.0. The fourth-order valence-corrected chi connectivity index (χ4v) is 2.65. The van der Waals surface area contributed by atoms with Gasteiger partial charge in [0, 0.05) is 36.7 Å². The van der Waals surface area contributed by atoms with Crippen molar-refractivity contribution in [3.63, 3.8) is 0 Å². The Bertz CT molecular complexity index is 491. The molecule has 1 heterocycles. The zero-order valence-electron chi connectivity index (χ0n) is 11.8. The van der Waals surface area contributed by atoms with Crippen LogP contribution in [0.15, 0.2) is 18.2 Å². The first-order valence-corrected chi connectivity index (χ1v) is 6.99. The van der Waals surface area contributed by atoms with Crippen LogP contribution in [0, 0.1) is 11.3 Å². The summed E-state index contributed by atoms with van der Waals surface area (Å²) in [5.41, 5.74) is 1.87. The number of nitrogens with zero attached hydrogens (tertiary/aromatic N) is 3. The van der Waals surface area contributed by atoms with Gasteiger partial charge in [0.1, 0.15) is 6.07 Å². The molecule has 0 saturated carbocycles. The fourth-order valence-electron chi connectivity index (χ4n) is 2.48. The second-order valence-corrected chi connectivity index (χ2v) is 6.35. The van der Waals surface area contributed by atoms with Crippen molar-refractivity contribution < 1.29 is 0 Å². The minimum Gasteiger partial charge on any atom is -0.368 e. The van der Waals surface area contributed by atoms with Crippen LogP contribution >= 0.6 is 11.6 Å². The maximum atomic E-state index is 9.19. The zero-order chi connectivity index (χ0) is 14.0. The van der Waals surface area contributed by atoms with Gasteiger partial charge in [-0.25, -0.2) is 0 Å². The number of halogens is 1. The maximum absolute atomic E-state index is 9.19. The van der Waals surface area contributed by atoms with Crippen LogP contribution in [0.4, 0.5) is 5.69 Å². The number of rotatable bonds is 1. The van der Waals surface area contributed by atoms with Gasteiger partial charge in [0.25, 0.3) is 0 Å². The molecule has 0 N–H and O–H groups in total. The van der Waals surface area contributed by atoms with Gasteiger partial charge in [-0.05, 0) is 39.0 Å². The monoisotopic (exact) mass is 277 g/mol. The first-order chi connectivity index (χ1) is 8.91. The van der Waals surface area contributed by atoms with Gasteiger partial charge < -0.3 is 4.90 Å². The van der Waals surface area contributed by atoms with Crippen LogP contribution in [-0.4, -0.2) is 36.6 Å². The number of anilines is 1. The van der Waals surface area contributed by atoms with E-state index in [-0.39, 0.29) is 5.54 Å². The minimum absolute atomic E-state index is 0.207. The molecule has 0 spiro atoms. The molecule has 3 nitrogen and oxygen atoms in total. The normalized spacial score (nSPS) is 17.3. The summed E-state index contributed by atoms with van der Waals surface area (Å²) in [5.74, 6) is 0. The molecule has 0 amide bonds. The molecular weight excluding hydrogens is 258 g/mol. The Balaban J connectivity index is 2.14. The van der Waals surface area contributed by atoms with Crippen LogP contribution in [0.25, 0.3) is 0 Å². The standard InChI is InChI=1S/C15H20ClN3/c1-15(2,3)19-8-6-18(7-9-19)14-10-13(16)5-4-12(14)11-17/h4-5,10H,6-9H2,1-3H3. The number of piperazine rings is 1. The minimum atomic E-state index is 0.207. The number of nitriles is 1. The van der Waals surface area contributed by atoms with Gasteiger partial charge in [0.15, 0.2) is 0 Å². The molecule has 0 bridgehead atoms. The maximum Gasteiger partial charge on any atom is 0.101 e. The largest absolute Gasteiger partial charge is 0.368 e. The first kappa shape index (κ1) is 14.2. The summed E-state index contributed by atoms with van der Waals surface area (Å²) < 4.78 is 0. The number of benzene rings is 1. The van der Waals surface area contributed by atoms with Crippen LogP contribution in [0.1, 0.15) is 26.3 Å². The average molecular weight is 278 g/mol. The summed E-state index contributed by atoms with van der Waals surface area (Å²) in [6, 6.07) is 7.72. The molecule has 1 fully saturated rings. The van der Waals surface area contributed by atoms with Gasteiger partial charge in [-0.15, -0.1) is 0 Å². The number of hydrogen-bond acceptors (Lipinski definition) is 3. The van der Waals surface area contributed by atoms with E-state index in [0.717, 1.165) is 31.9 Å². The smallest absolute Gasteiger partial charge is 0.101 e. The Morgan fingerprint density at radius 3 is 2.32 bits per heavy atom. The summed E-state index contributed by atoms with van der Waals surface area (Å²) in [7, 11) is 0. The molecule has 4 heteroatoms. The van der Waals surface area contributed by atoms with Gasteiger partial charge in [-0.3, -0.25) is 4.90 Å². The molecule has 1 aliphatic heterocycles. The van der Waals surface area contributed by atoms with E-state index in [0.29, 0.717) is 10.6 Å². The molecule has 1 saturated heterocycles. The molecule has 1 aromatic rings. The Kier molecular flexibility index (Phi) is 4.03. The second-order valence-electron chi connectivity index (χ2n) is 5.92. The summed E-state index contributed by atoms with van der Waals surface area (Å²) in [4.78, 5) is 4.73.